The second kappa shape index (κ2) is 10.8. The number of halogens is 2. The summed E-state index contributed by atoms with van der Waals surface area (Å²) >= 11 is 15.1. The van der Waals surface area contributed by atoms with Crippen molar-refractivity contribution in [2.45, 2.75) is 26.2 Å². The minimum Gasteiger partial charge on any atom is -0.326 e. The molecule has 5 aromatic rings. The molecule has 8 nitrogen and oxygen atoms in total. The molecule has 202 valence electrons. The molecule has 0 saturated heterocycles. The average Bonchev–Trinajstić information content (AvgIpc) is 3.35. The molecule has 0 atom stereocenters. The topological polar surface area (TPSA) is 110 Å². The summed E-state index contributed by atoms with van der Waals surface area (Å²) < 4.78 is 1.02. The predicted octanol–water partition coefficient (Wildman–Crippen LogP) is 6.30. The van der Waals surface area contributed by atoms with Gasteiger partial charge in [-0.05, 0) is 43.7 Å². The van der Waals surface area contributed by atoms with E-state index in [1.165, 1.54) is 18.3 Å². The third-order valence-corrected chi connectivity index (χ3v) is 8.29. The lowest BCUT2D eigenvalue weighted by Gasteiger charge is -2.26. The van der Waals surface area contributed by atoms with Gasteiger partial charge in [-0.1, -0.05) is 65.7 Å². The highest BCUT2D eigenvalue weighted by molar-refractivity contribution is 7.16. The maximum atomic E-state index is 12.3. The number of hydrogen-bond acceptors (Lipinski definition) is 6. The number of rotatable bonds is 6. The van der Waals surface area contributed by atoms with Crippen LogP contribution in [0, 0.1) is 0 Å². The number of aromatic amines is 1. The summed E-state index contributed by atoms with van der Waals surface area (Å²) in [6.07, 6.45) is 1.00. The van der Waals surface area contributed by atoms with E-state index in [4.69, 9.17) is 28.2 Å². The minimum absolute atomic E-state index is 0.154. The smallest absolute Gasteiger partial charge is 0.326 e. The van der Waals surface area contributed by atoms with Gasteiger partial charge in [-0.2, -0.15) is 9.78 Å². The number of nitrogens with one attached hydrogen (secondary N) is 2. The third-order valence-electron chi connectivity index (χ3n) is 6.26. The molecule has 0 unspecified atom stereocenters. The van der Waals surface area contributed by atoms with E-state index in [0.717, 1.165) is 37.6 Å². The van der Waals surface area contributed by atoms with Crippen LogP contribution in [0.5, 0.6) is 0 Å². The van der Waals surface area contributed by atoms with E-state index in [0.29, 0.717) is 27.0 Å². The Kier molecular flexibility index (Phi) is 7.46. The maximum Gasteiger partial charge on any atom is 0.349 e. The number of carbonyl (C=O) groups is 1. The number of H-pyrrole nitrogens is 1. The third kappa shape index (κ3) is 5.36. The van der Waals surface area contributed by atoms with Crippen molar-refractivity contribution >= 4 is 46.1 Å². The highest BCUT2D eigenvalue weighted by Gasteiger charge is 2.33. The Labute approximate surface area is 243 Å². The number of carbonyl (C=O) groups excluding carboxylic acids is 1. The Balaban J connectivity index is 1.65. The van der Waals surface area contributed by atoms with Crippen molar-refractivity contribution in [3.63, 3.8) is 0 Å². The quantitative estimate of drug-likeness (QED) is 0.241. The van der Waals surface area contributed by atoms with Gasteiger partial charge in [-0.25, -0.2) is 9.78 Å². The Morgan fingerprint density at radius 3 is 2.30 bits per heavy atom. The lowest BCUT2D eigenvalue weighted by molar-refractivity contribution is -0.114. The molecule has 2 heterocycles. The van der Waals surface area contributed by atoms with E-state index in [1.807, 2.05) is 68.4 Å². The monoisotopic (exact) mass is 591 g/mol. The van der Waals surface area contributed by atoms with Crippen LogP contribution in [0.15, 0.2) is 82.5 Å². The summed E-state index contributed by atoms with van der Waals surface area (Å²) in [5.41, 5.74) is 2.22. The van der Waals surface area contributed by atoms with E-state index < -0.39 is 16.7 Å². The number of nitrogens with zero attached hydrogens (tertiary/aromatic N) is 3. The van der Waals surface area contributed by atoms with Gasteiger partial charge in [0, 0.05) is 39.2 Å². The summed E-state index contributed by atoms with van der Waals surface area (Å²) in [7, 11) is 0. The molecule has 3 aromatic carbocycles. The number of aromatic nitrogens is 4. The summed E-state index contributed by atoms with van der Waals surface area (Å²) in [5.74, 6) is -0.154. The summed E-state index contributed by atoms with van der Waals surface area (Å²) in [4.78, 5) is 43.6. The van der Waals surface area contributed by atoms with Crippen molar-refractivity contribution in [3.05, 3.63) is 114 Å². The number of thiazole rings is 1. The Bertz CT molecular complexity index is 1840. The normalized spacial score (nSPS) is 11.4. The second-order valence-electron chi connectivity index (χ2n) is 9.58. The van der Waals surface area contributed by atoms with Crippen molar-refractivity contribution in [3.8, 4) is 27.4 Å². The molecule has 40 heavy (non-hydrogen) atoms. The Morgan fingerprint density at radius 1 is 0.975 bits per heavy atom. The van der Waals surface area contributed by atoms with Crippen LogP contribution in [-0.2, 0) is 10.2 Å². The summed E-state index contributed by atoms with van der Waals surface area (Å²) in [5, 5.41) is 8.13. The molecule has 0 radical (unpaired) electrons. The zero-order valence-electron chi connectivity index (χ0n) is 21.7. The van der Waals surface area contributed by atoms with Crippen LogP contribution in [-0.4, -0.2) is 25.7 Å². The number of anilines is 1. The van der Waals surface area contributed by atoms with Crippen LogP contribution in [0.4, 0.5) is 5.69 Å². The lowest BCUT2D eigenvalue weighted by Crippen LogP contribution is -2.30. The number of hydrogen-bond donors (Lipinski definition) is 2. The van der Waals surface area contributed by atoms with Crippen LogP contribution in [0.2, 0.25) is 10.0 Å². The molecule has 0 spiro atoms. The first-order valence-electron chi connectivity index (χ1n) is 12.2. The van der Waals surface area contributed by atoms with Gasteiger partial charge in [0.1, 0.15) is 11.2 Å². The largest absolute Gasteiger partial charge is 0.349 e. The van der Waals surface area contributed by atoms with Crippen molar-refractivity contribution in [2.75, 3.05) is 5.32 Å². The molecule has 2 aromatic heterocycles. The van der Waals surface area contributed by atoms with Crippen molar-refractivity contribution in [2.24, 2.45) is 0 Å². The van der Waals surface area contributed by atoms with E-state index in [-0.39, 0.29) is 5.91 Å². The molecule has 0 saturated carbocycles. The molecular weight excluding hydrogens is 569 g/mol. The van der Waals surface area contributed by atoms with E-state index in [1.54, 1.807) is 12.1 Å². The first-order valence-corrected chi connectivity index (χ1v) is 13.7. The molecule has 5 rings (SSSR count). The van der Waals surface area contributed by atoms with E-state index in [9.17, 15) is 14.4 Å². The fourth-order valence-electron chi connectivity index (χ4n) is 4.44. The van der Waals surface area contributed by atoms with Crippen LogP contribution in [0.25, 0.3) is 27.4 Å². The lowest BCUT2D eigenvalue weighted by atomic mass is 9.85. The molecule has 0 aliphatic carbocycles. The molecule has 0 bridgehead atoms. The Morgan fingerprint density at radius 2 is 1.65 bits per heavy atom. The molecule has 1 amide bonds. The molecular formula is C29H23Cl2N5O3S. The number of amides is 1. The van der Waals surface area contributed by atoms with E-state index >= 15 is 0 Å². The van der Waals surface area contributed by atoms with Crippen molar-refractivity contribution < 1.29 is 4.79 Å². The standard InChI is InChI=1S/C29H23Cl2N5O3S/c1-16(37)33-19-11-7-10-18(12-19)26-25(17-8-5-4-6-9-17)35-27(40-26)29(2,3)24-21(30)13-20(14-22(24)31)36-28(39)34-23(38)15-32-36/h4-15H,1-3H3,(H,33,37)(H,34,38,39). The minimum atomic E-state index is -0.738. The van der Waals surface area contributed by atoms with Crippen molar-refractivity contribution in [1.29, 1.82) is 0 Å². The summed E-state index contributed by atoms with van der Waals surface area (Å²) in [6.45, 7) is 5.43. The van der Waals surface area contributed by atoms with Gasteiger partial charge < -0.3 is 5.32 Å². The highest BCUT2D eigenvalue weighted by atomic mass is 35.5. The molecule has 2 N–H and O–H groups in total. The predicted molar refractivity (Wildman–Crippen MR) is 160 cm³/mol. The van der Waals surface area contributed by atoms with Crippen LogP contribution in [0.1, 0.15) is 31.3 Å². The van der Waals surface area contributed by atoms with Crippen LogP contribution in [0.3, 0.4) is 0 Å². The SMILES string of the molecule is CC(=O)Nc1cccc(-c2sc(C(C)(C)c3c(Cl)cc(-n4ncc(=O)[nH]c4=O)cc3Cl)nc2-c2ccccc2)c1. The first kappa shape index (κ1) is 27.5. The first-order chi connectivity index (χ1) is 19.0. The fraction of sp³-hybridized carbons (Fsp3) is 0.138. The van der Waals surface area contributed by atoms with Gasteiger partial charge in [0.25, 0.3) is 5.56 Å². The average molecular weight is 593 g/mol. The molecule has 0 fully saturated rings. The van der Waals surface area contributed by atoms with Gasteiger partial charge >= 0.3 is 5.69 Å². The number of benzene rings is 3. The Hall–Kier alpha value is -4.05. The second-order valence-corrected chi connectivity index (χ2v) is 11.4. The molecule has 11 heteroatoms. The maximum absolute atomic E-state index is 12.3. The molecule has 0 aliphatic rings. The van der Waals surface area contributed by atoms with Gasteiger partial charge in [-0.3, -0.25) is 14.6 Å². The van der Waals surface area contributed by atoms with Gasteiger partial charge in [-0.15, -0.1) is 11.3 Å². The van der Waals surface area contributed by atoms with Gasteiger partial charge in [0.15, 0.2) is 0 Å². The molecule has 0 aliphatic heterocycles. The van der Waals surface area contributed by atoms with Gasteiger partial charge in [0.2, 0.25) is 5.91 Å². The fourth-order valence-corrected chi connectivity index (χ4v) is 6.58. The summed E-state index contributed by atoms with van der Waals surface area (Å²) in [6, 6.07) is 20.6. The van der Waals surface area contributed by atoms with Gasteiger partial charge in [0.05, 0.1) is 16.3 Å². The zero-order chi connectivity index (χ0) is 28.6. The van der Waals surface area contributed by atoms with Crippen molar-refractivity contribution in [1.82, 2.24) is 19.7 Å². The highest BCUT2D eigenvalue weighted by Crippen LogP contribution is 2.47. The van der Waals surface area contributed by atoms with E-state index in [2.05, 4.69) is 15.4 Å². The zero-order valence-corrected chi connectivity index (χ0v) is 24.0. The van der Waals surface area contributed by atoms with Crippen LogP contribution < -0.4 is 16.6 Å². The van der Waals surface area contributed by atoms with Crippen LogP contribution >= 0.6 is 34.5 Å².